The minimum Gasteiger partial charge on any atom is -0.481 e. The van der Waals surface area contributed by atoms with Crippen LogP contribution in [0.25, 0.3) is 66.9 Å². The summed E-state index contributed by atoms with van der Waals surface area (Å²) in [6.45, 7) is 14.8. The second-order valence-electron chi connectivity index (χ2n) is 12.9. The van der Waals surface area contributed by atoms with Crippen molar-refractivity contribution in [2.75, 3.05) is 0 Å². The molecule has 0 radical (unpaired) electrons. The van der Waals surface area contributed by atoms with Crippen molar-refractivity contribution in [1.82, 2.24) is 29.9 Å². The fraction of sp³-hybridized carbons (Fsp3) is 0.256. The van der Waals surface area contributed by atoms with Crippen LogP contribution in [0, 0.1) is 6.92 Å². The molecule has 3 aliphatic heterocycles. The first-order chi connectivity index (χ1) is 22.7. The number of H-pyrrole nitrogens is 2. The van der Waals surface area contributed by atoms with E-state index >= 15 is 0 Å². The normalized spacial score (nSPS) is 17.4. The topological polar surface area (TPSA) is 120 Å². The summed E-state index contributed by atoms with van der Waals surface area (Å²) >= 11 is 0. The van der Waals surface area contributed by atoms with Gasteiger partial charge in [0.25, 0.3) is 0 Å². The summed E-state index contributed by atoms with van der Waals surface area (Å²) in [6.07, 6.45) is 3.26. The minimum atomic E-state index is -0.809. The number of carbonyl (C=O) groups is 1. The van der Waals surface area contributed by atoms with Crippen LogP contribution in [0.5, 0.6) is 0 Å². The molecular weight excluding hydrogens is 584 g/mol. The predicted octanol–water partition coefficient (Wildman–Crippen LogP) is 9.15. The molecule has 6 heterocycles. The molecule has 47 heavy (non-hydrogen) atoms. The summed E-state index contributed by atoms with van der Waals surface area (Å²) in [5.74, 6) is -0.880. The molecule has 8 heteroatoms. The number of nitrogens with zero attached hydrogens (tertiary/aromatic N) is 4. The average molecular weight is 621 g/mol. The molecule has 8 bridgehead atoms. The van der Waals surface area contributed by atoms with Crippen LogP contribution in [0.15, 0.2) is 55.1 Å². The van der Waals surface area contributed by atoms with Crippen molar-refractivity contribution in [1.29, 1.82) is 0 Å². The van der Waals surface area contributed by atoms with Crippen molar-refractivity contribution in [2.45, 2.75) is 65.7 Å². The van der Waals surface area contributed by atoms with Crippen LogP contribution >= 0.6 is 0 Å². The van der Waals surface area contributed by atoms with E-state index in [1.807, 2.05) is 30.3 Å². The fourth-order valence-corrected chi connectivity index (χ4v) is 7.75. The van der Waals surface area contributed by atoms with Gasteiger partial charge in [-0.1, -0.05) is 38.6 Å². The zero-order valence-corrected chi connectivity index (χ0v) is 27.2. The Bertz CT molecular complexity index is 2350. The van der Waals surface area contributed by atoms with E-state index in [9.17, 15) is 9.90 Å². The van der Waals surface area contributed by atoms with Gasteiger partial charge in [0, 0.05) is 51.9 Å². The summed E-state index contributed by atoms with van der Waals surface area (Å²) in [4.78, 5) is 40.1. The van der Waals surface area contributed by atoms with Crippen LogP contribution in [0.4, 0.5) is 0 Å². The molecule has 2 atom stereocenters. The molecule has 0 saturated heterocycles. The summed E-state index contributed by atoms with van der Waals surface area (Å²) in [7, 11) is 0. The smallest absolute Gasteiger partial charge is 0.303 e. The average Bonchev–Trinajstić information content (AvgIpc) is 3.79. The molecular formula is C39H36N6O2. The van der Waals surface area contributed by atoms with E-state index in [4.69, 9.17) is 19.9 Å². The Morgan fingerprint density at radius 1 is 0.894 bits per heavy atom. The molecule has 0 fully saturated rings. The van der Waals surface area contributed by atoms with Gasteiger partial charge in [-0.3, -0.25) is 4.79 Å². The standard InChI is InChI=1S/C39H36N6O2/c1-7-22-18(3)27-15-29-20(5)24(13-14-33(46)47)36(44-29)35-37-34(38-39(35)43-26-12-10-9-11-25(26)42-38)21(6)30(45-37)17-32-23(8-2)19(4)28(41-32)16-31(22)40-27/h7,9-12,15-17,20,24,44-45H,1,8,13-14H2,2-6H3,(H,46,47)/t20-,24-/m0/s1. The van der Waals surface area contributed by atoms with E-state index in [-0.39, 0.29) is 18.3 Å². The van der Waals surface area contributed by atoms with Crippen LogP contribution in [0.3, 0.4) is 0 Å². The minimum absolute atomic E-state index is 0.0134. The highest BCUT2D eigenvalue weighted by Crippen LogP contribution is 2.52. The Hall–Kier alpha value is -5.37. The van der Waals surface area contributed by atoms with Gasteiger partial charge in [0.2, 0.25) is 0 Å². The molecule has 234 valence electrons. The van der Waals surface area contributed by atoms with Crippen molar-refractivity contribution in [3.8, 4) is 22.5 Å². The Labute approximate surface area is 272 Å². The fourth-order valence-electron chi connectivity index (χ4n) is 7.75. The molecule has 3 aromatic heterocycles. The van der Waals surface area contributed by atoms with Gasteiger partial charge in [0.1, 0.15) is 5.69 Å². The summed E-state index contributed by atoms with van der Waals surface area (Å²) in [5, 5.41) is 9.76. The molecule has 0 spiro atoms. The van der Waals surface area contributed by atoms with Crippen LogP contribution in [0.2, 0.25) is 0 Å². The summed E-state index contributed by atoms with van der Waals surface area (Å²) in [6, 6.07) is 14.3. The Morgan fingerprint density at radius 3 is 2.26 bits per heavy atom. The van der Waals surface area contributed by atoms with Crippen LogP contribution < -0.4 is 0 Å². The number of rotatable bonds is 5. The van der Waals surface area contributed by atoms with E-state index in [1.54, 1.807) is 0 Å². The number of allylic oxidation sites excluding steroid dienone is 5. The Balaban J connectivity index is 1.55. The Kier molecular flexibility index (Phi) is 6.55. The van der Waals surface area contributed by atoms with Crippen LogP contribution in [-0.4, -0.2) is 41.0 Å². The monoisotopic (exact) mass is 620 g/mol. The van der Waals surface area contributed by atoms with Crippen molar-refractivity contribution >= 4 is 50.3 Å². The van der Waals surface area contributed by atoms with Gasteiger partial charge in [0.05, 0.1) is 45.0 Å². The van der Waals surface area contributed by atoms with E-state index in [2.05, 4.69) is 69.4 Å². The lowest BCUT2D eigenvalue weighted by Gasteiger charge is -2.17. The van der Waals surface area contributed by atoms with Gasteiger partial charge >= 0.3 is 5.97 Å². The lowest BCUT2D eigenvalue weighted by molar-refractivity contribution is -0.137. The number of fused-ring (bicyclic) bond motifs is 12. The van der Waals surface area contributed by atoms with Crippen molar-refractivity contribution < 1.29 is 9.90 Å². The van der Waals surface area contributed by atoms with Gasteiger partial charge in [-0.2, -0.15) is 0 Å². The largest absolute Gasteiger partial charge is 0.481 e. The van der Waals surface area contributed by atoms with Gasteiger partial charge < -0.3 is 15.1 Å². The number of aromatic nitrogens is 6. The maximum Gasteiger partial charge on any atom is 0.303 e. The molecule has 0 saturated carbocycles. The summed E-state index contributed by atoms with van der Waals surface area (Å²) < 4.78 is 0. The van der Waals surface area contributed by atoms with Crippen molar-refractivity contribution in [3.05, 3.63) is 94.8 Å². The first-order valence-corrected chi connectivity index (χ1v) is 16.3. The molecule has 3 N–H and O–H groups in total. The number of para-hydroxylation sites is 2. The molecule has 8 nitrogen and oxygen atoms in total. The number of hydrogen-bond donors (Lipinski definition) is 3. The SMILES string of the molecule is C=CC1=C(C)c2cc3[nH]c(c4c5[nH]c(cc6nc(cc1n2)C(C)=C6CC)c(C)c5-c1nc2ccccc2nc1-4)[C@@H](CCC(=O)O)[C@@H]3C. The third-order valence-electron chi connectivity index (χ3n) is 10.4. The Morgan fingerprint density at radius 2 is 1.57 bits per heavy atom. The first kappa shape index (κ1) is 29.1. The second kappa shape index (κ2) is 10.6. The number of hydrogen-bond acceptors (Lipinski definition) is 5. The summed E-state index contributed by atoms with van der Waals surface area (Å²) in [5.41, 5.74) is 18.2. The number of aromatic amines is 2. The second-order valence-corrected chi connectivity index (χ2v) is 12.9. The van der Waals surface area contributed by atoms with Crippen molar-refractivity contribution in [3.63, 3.8) is 0 Å². The van der Waals surface area contributed by atoms with Crippen LogP contribution in [-0.2, 0) is 4.79 Å². The highest BCUT2D eigenvalue weighted by Gasteiger charge is 2.36. The highest BCUT2D eigenvalue weighted by atomic mass is 16.4. The number of aryl methyl sites for hydroxylation is 1. The quantitative estimate of drug-likeness (QED) is 0.180. The number of aliphatic carboxylic acids is 1. The van der Waals surface area contributed by atoms with E-state index in [1.165, 1.54) is 5.57 Å². The van der Waals surface area contributed by atoms with E-state index < -0.39 is 5.97 Å². The number of nitrogens with one attached hydrogen (secondary N) is 2. The molecule has 0 amide bonds. The molecule has 8 rings (SSSR count). The maximum absolute atomic E-state index is 11.9. The molecule has 1 aromatic carbocycles. The molecule has 4 aliphatic rings. The molecule has 4 aromatic rings. The van der Waals surface area contributed by atoms with E-state index in [0.717, 1.165) is 107 Å². The lowest BCUT2D eigenvalue weighted by Crippen LogP contribution is -2.07. The third-order valence-corrected chi connectivity index (χ3v) is 10.4. The van der Waals surface area contributed by atoms with Gasteiger partial charge in [0.15, 0.2) is 0 Å². The number of benzene rings is 1. The van der Waals surface area contributed by atoms with Crippen molar-refractivity contribution in [2.24, 2.45) is 0 Å². The van der Waals surface area contributed by atoms with Gasteiger partial charge in [-0.15, -0.1) is 0 Å². The maximum atomic E-state index is 11.9. The third kappa shape index (κ3) is 4.31. The number of carboxylic acids is 1. The zero-order valence-electron chi connectivity index (χ0n) is 27.2. The number of carboxylic acid groups (broad SMARTS) is 1. The highest BCUT2D eigenvalue weighted by molar-refractivity contribution is 6.09. The van der Waals surface area contributed by atoms with Crippen LogP contribution in [0.1, 0.15) is 98.5 Å². The zero-order chi connectivity index (χ0) is 32.7. The van der Waals surface area contributed by atoms with Gasteiger partial charge in [-0.05, 0) is 86.2 Å². The van der Waals surface area contributed by atoms with Gasteiger partial charge in [-0.25, -0.2) is 19.9 Å². The molecule has 1 aliphatic carbocycles. The first-order valence-electron chi connectivity index (χ1n) is 16.3. The lowest BCUT2D eigenvalue weighted by atomic mass is 9.85. The van der Waals surface area contributed by atoms with E-state index in [0.29, 0.717) is 6.42 Å². The predicted molar refractivity (Wildman–Crippen MR) is 188 cm³/mol. The molecule has 0 unspecified atom stereocenters.